The zero-order valence-corrected chi connectivity index (χ0v) is 12.5. The minimum absolute atomic E-state index is 0.512. The number of hydrogen-bond donors (Lipinski definition) is 2. The van der Waals surface area contributed by atoms with Gasteiger partial charge in [-0.25, -0.2) is 4.98 Å². The molecule has 1 heterocycles. The zero-order chi connectivity index (χ0) is 14.4. The van der Waals surface area contributed by atoms with E-state index in [0.717, 1.165) is 25.1 Å². The Kier molecular flexibility index (Phi) is 5.18. The number of anilines is 3. The maximum Gasteiger partial charge on any atom is 0.224 e. The van der Waals surface area contributed by atoms with Gasteiger partial charge in [0, 0.05) is 12.2 Å². The summed E-state index contributed by atoms with van der Waals surface area (Å²) in [4.78, 5) is 8.58. The van der Waals surface area contributed by atoms with Crippen molar-refractivity contribution in [3.05, 3.63) is 41.0 Å². The van der Waals surface area contributed by atoms with E-state index in [0.29, 0.717) is 16.8 Å². The summed E-state index contributed by atoms with van der Waals surface area (Å²) in [6, 6.07) is 8.14. The van der Waals surface area contributed by atoms with Gasteiger partial charge in [-0.05, 0) is 24.5 Å². The molecule has 2 N–H and O–H groups in total. The van der Waals surface area contributed by atoms with Crippen LogP contribution in [0.3, 0.4) is 0 Å². The van der Waals surface area contributed by atoms with Gasteiger partial charge in [0.15, 0.2) is 5.82 Å². The summed E-state index contributed by atoms with van der Waals surface area (Å²) in [5.74, 6) is 1.22. The molecule has 0 aliphatic rings. The van der Waals surface area contributed by atoms with Gasteiger partial charge in [0.1, 0.15) is 5.02 Å². The molecule has 0 amide bonds. The molecule has 0 saturated carbocycles. The third kappa shape index (κ3) is 3.61. The van der Waals surface area contributed by atoms with E-state index in [1.807, 2.05) is 18.2 Å². The Hall–Kier alpha value is -1.81. The average molecular weight is 291 g/mol. The third-order valence-electron chi connectivity index (χ3n) is 2.93. The first-order chi connectivity index (χ1) is 9.74. The molecule has 4 nitrogen and oxygen atoms in total. The predicted molar refractivity (Wildman–Crippen MR) is 84.9 cm³/mol. The lowest BCUT2D eigenvalue weighted by atomic mass is 10.1. The fourth-order valence-electron chi connectivity index (χ4n) is 1.85. The van der Waals surface area contributed by atoms with E-state index in [1.165, 1.54) is 5.56 Å². The van der Waals surface area contributed by atoms with Crippen molar-refractivity contribution >= 4 is 29.1 Å². The van der Waals surface area contributed by atoms with Crippen LogP contribution in [0.25, 0.3) is 0 Å². The molecule has 2 aromatic rings. The lowest BCUT2D eigenvalue weighted by Crippen LogP contribution is -2.06. The molecule has 0 aliphatic carbocycles. The van der Waals surface area contributed by atoms with Crippen LogP contribution in [0, 0.1) is 0 Å². The normalized spacial score (nSPS) is 10.3. The molecule has 5 heteroatoms. The summed E-state index contributed by atoms with van der Waals surface area (Å²) in [6.07, 6.45) is 3.59. The Balaban J connectivity index is 2.23. The third-order valence-corrected chi connectivity index (χ3v) is 3.21. The molecule has 1 aromatic heterocycles. The first-order valence-corrected chi connectivity index (χ1v) is 7.23. The SMILES string of the molecule is CCCNc1ncc(Cl)c(Nc2ccccc2CC)n1. The Morgan fingerprint density at radius 2 is 2.00 bits per heavy atom. The van der Waals surface area contributed by atoms with Crippen LogP contribution < -0.4 is 10.6 Å². The monoisotopic (exact) mass is 290 g/mol. The summed E-state index contributed by atoms with van der Waals surface area (Å²) in [5.41, 5.74) is 2.25. The minimum Gasteiger partial charge on any atom is -0.354 e. The Morgan fingerprint density at radius 3 is 2.75 bits per heavy atom. The van der Waals surface area contributed by atoms with Crippen molar-refractivity contribution in [2.45, 2.75) is 26.7 Å². The van der Waals surface area contributed by atoms with E-state index >= 15 is 0 Å². The van der Waals surface area contributed by atoms with Crippen molar-refractivity contribution in [3.63, 3.8) is 0 Å². The van der Waals surface area contributed by atoms with Gasteiger partial charge in [0.2, 0.25) is 5.95 Å². The average Bonchev–Trinajstić information content (AvgIpc) is 2.48. The highest BCUT2D eigenvalue weighted by molar-refractivity contribution is 6.32. The van der Waals surface area contributed by atoms with Crippen LogP contribution in [-0.2, 0) is 6.42 Å². The van der Waals surface area contributed by atoms with E-state index in [-0.39, 0.29) is 0 Å². The van der Waals surface area contributed by atoms with Crippen LogP contribution in [-0.4, -0.2) is 16.5 Å². The number of rotatable bonds is 6. The highest BCUT2D eigenvalue weighted by atomic mass is 35.5. The summed E-state index contributed by atoms with van der Waals surface area (Å²) < 4.78 is 0. The first kappa shape index (κ1) is 14.6. The zero-order valence-electron chi connectivity index (χ0n) is 11.8. The topological polar surface area (TPSA) is 49.8 Å². The van der Waals surface area contributed by atoms with Crippen molar-refractivity contribution in [3.8, 4) is 0 Å². The molecule has 20 heavy (non-hydrogen) atoms. The Labute approximate surface area is 124 Å². The van der Waals surface area contributed by atoms with E-state index < -0.39 is 0 Å². The fraction of sp³-hybridized carbons (Fsp3) is 0.333. The molecule has 0 spiro atoms. The minimum atomic E-state index is 0.512. The number of nitrogens with one attached hydrogen (secondary N) is 2. The van der Waals surface area contributed by atoms with Gasteiger partial charge in [0.05, 0.1) is 6.20 Å². The number of aromatic nitrogens is 2. The van der Waals surface area contributed by atoms with Crippen LogP contribution in [0.5, 0.6) is 0 Å². The van der Waals surface area contributed by atoms with Crippen molar-refractivity contribution in [1.29, 1.82) is 0 Å². The van der Waals surface area contributed by atoms with Gasteiger partial charge in [-0.2, -0.15) is 4.98 Å². The molecule has 0 bridgehead atoms. The molecule has 1 aromatic carbocycles. The molecule has 0 atom stereocenters. The molecule has 2 rings (SSSR count). The molecular formula is C15H19ClN4. The van der Waals surface area contributed by atoms with Gasteiger partial charge in [-0.3, -0.25) is 0 Å². The van der Waals surface area contributed by atoms with Crippen molar-refractivity contribution in [2.75, 3.05) is 17.2 Å². The maximum atomic E-state index is 6.16. The number of aryl methyl sites for hydroxylation is 1. The summed E-state index contributed by atoms with van der Waals surface area (Å²) in [6.45, 7) is 5.06. The van der Waals surface area contributed by atoms with Gasteiger partial charge in [0.25, 0.3) is 0 Å². The fourth-order valence-corrected chi connectivity index (χ4v) is 1.99. The lowest BCUT2D eigenvalue weighted by molar-refractivity contribution is 0.953. The molecule has 0 aliphatic heterocycles. The quantitative estimate of drug-likeness (QED) is 0.835. The summed E-state index contributed by atoms with van der Waals surface area (Å²) >= 11 is 6.16. The van der Waals surface area contributed by atoms with Crippen molar-refractivity contribution in [2.24, 2.45) is 0 Å². The molecule has 0 unspecified atom stereocenters. The van der Waals surface area contributed by atoms with E-state index in [4.69, 9.17) is 11.6 Å². The first-order valence-electron chi connectivity index (χ1n) is 6.86. The van der Waals surface area contributed by atoms with Crippen molar-refractivity contribution in [1.82, 2.24) is 9.97 Å². The van der Waals surface area contributed by atoms with Crippen LogP contribution in [0.4, 0.5) is 17.5 Å². The Bertz CT molecular complexity index is 572. The second-order valence-corrected chi connectivity index (χ2v) is 4.86. The Morgan fingerprint density at radius 1 is 1.20 bits per heavy atom. The molecule has 0 radical (unpaired) electrons. The van der Waals surface area contributed by atoms with Gasteiger partial charge < -0.3 is 10.6 Å². The second-order valence-electron chi connectivity index (χ2n) is 4.45. The van der Waals surface area contributed by atoms with Gasteiger partial charge >= 0.3 is 0 Å². The van der Waals surface area contributed by atoms with Crippen LogP contribution in [0.15, 0.2) is 30.5 Å². The summed E-state index contributed by atoms with van der Waals surface area (Å²) in [7, 11) is 0. The maximum absolute atomic E-state index is 6.16. The smallest absolute Gasteiger partial charge is 0.224 e. The number of benzene rings is 1. The highest BCUT2D eigenvalue weighted by Crippen LogP contribution is 2.26. The predicted octanol–water partition coefficient (Wildman–Crippen LogP) is 4.26. The lowest BCUT2D eigenvalue weighted by Gasteiger charge is -2.12. The standard InChI is InChI=1S/C15H19ClN4/c1-3-9-17-15-18-10-12(16)14(20-15)19-13-8-6-5-7-11(13)4-2/h5-8,10H,3-4,9H2,1-2H3,(H2,17,18,19,20). The molecule has 106 valence electrons. The number of para-hydroxylation sites is 1. The van der Waals surface area contributed by atoms with Crippen LogP contribution >= 0.6 is 11.6 Å². The van der Waals surface area contributed by atoms with Crippen molar-refractivity contribution < 1.29 is 0 Å². The second kappa shape index (κ2) is 7.10. The highest BCUT2D eigenvalue weighted by Gasteiger charge is 2.07. The summed E-state index contributed by atoms with van der Waals surface area (Å²) in [5, 5.41) is 6.95. The molecule has 0 fully saturated rings. The van der Waals surface area contributed by atoms with E-state index in [9.17, 15) is 0 Å². The number of nitrogens with zero attached hydrogens (tertiary/aromatic N) is 2. The van der Waals surface area contributed by atoms with E-state index in [1.54, 1.807) is 6.20 Å². The molecular weight excluding hydrogens is 272 g/mol. The van der Waals surface area contributed by atoms with Gasteiger partial charge in [-0.15, -0.1) is 0 Å². The van der Waals surface area contributed by atoms with Crippen LogP contribution in [0.2, 0.25) is 5.02 Å². The van der Waals surface area contributed by atoms with E-state index in [2.05, 4.69) is 40.5 Å². The van der Waals surface area contributed by atoms with Gasteiger partial charge in [-0.1, -0.05) is 43.6 Å². The molecule has 0 saturated heterocycles. The number of hydrogen-bond acceptors (Lipinski definition) is 4. The van der Waals surface area contributed by atoms with Crippen LogP contribution in [0.1, 0.15) is 25.8 Å². The number of halogens is 1. The largest absolute Gasteiger partial charge is 0.354 e.